The molecule has 56 heavy (non-hydrogen) atoms. The molecule has 0 aliphatic carbocycles. The van der Waals surface area contributed by atoms with E-state index < -0.39 is 19.5 Å². The Morgan fingerprint density at radius 1 is 0.964 bits per heavy atom. The van der Waals surface area contributed by atoms with Crippen LogP contribution in [0.3, 0.4) is 0 Å². The molecular weight excluding hydrogens is 759 g/mol. The van der Waals surface area contributed by atoms with Crippen molar-refractivity contribution < 1.29 is 32.7 Å². The second kappa shape index (κ2) is 16.6. The lowest BCUT2D eigenvalue weighted by Crippen LogP contribution is -2.52. The molecule has 1 atom stereocenters. The molecule has 1 aromatic heterocycles. The molecule has 3 aromatic carbocycles. The lowest BCUT2D eigenvalue weighted by Gasteiger charge is -2.38. The highest BCUT2D eigenvalue weighted by atomic mass is 35.5. The van der Waals surface area contributed by atoms with E-state index in [0.717, 1.165) is 49.3 Å². The minimum absolute atomic E-state index is 0.162. The average Bonchev–Trinajstić information content (AvgIpc) is 3.53. The second-order valence-electron chi connectivity index (χ2n) is 13.9. The Morgan fingerprint density at radius 3 is 2.46 bits per heavy atom. The fourth-order valence-corrected chi connectivity index (χ4v) is 8.92. The summed E-state index contributed by atoms with van der Waals surface area (Å²) < 4.78 is 29.4. The maximum Gasteiger partial charge on any atom is 0.362 e. The van der Waals surface area contributed by atoms with Crippen LogP contribution in [-0.2, 0) is 36.3 Å². The highest BCUT2D eigenvalue weighted by Crippen LogP contribution is 2.47. The lowest BCUT2D eigenvalue weighted by molar-refractivity contribution is -0.136. The van der Waals surface area contributed by atoms with E-state index >= 15 is 0 Å². The highest BCUT2D eigenvalue weighted by Gasteiger charge is 2.39. The molecule has 0 saturated carbocycles. The van der Waals surface area contributed by atoms with Crippen molar-refractivity contribution >= 4 is 71.1 Å². The molecular formula is C39H44ClN8O7P. The first kappa shape index (κ1) is 39.2. The Hall–Kier alpha value is -5.05. The zero-order valence-corrected chi connectivity index (χ0v) is 33.2. The third kappa shape index (κ3) is 8.09. The van der Waals surface area contributed by atoms with Crippen LogP contribution in [0.5, 0.6) is 5.75 Å². The van der Waals surface area contributed by atoms with Crippen LogP contribution in [0.2, 0.25) is 5.02 Å². The van der Waals surface area contributed by atoms with Crippen LogP contribution in [0.4, 0.5) is 28.8 Å². The molecule has 17 heteroatoms. The molecule has 2 saturated heterocycles. The van der Waals surface area contributed by atoms with Crippen molar-refractivity contribution in [3.05, 3.63) is 88.6 Å². The summed E-state index contributed by atoms with van der Waals surface area (Å²) in [5, 5.41) is 9.33. The smallest absolute Gasteiger partial charge is 0.362 e. The van der Waals surface area contributed by atoms with E-state index in [-0.39, 0.29) is 29.2 Å². The zero-order valence-electron chi connectivity index (χ0n) is 31.6. The molecule has 0 radical (unpaired) electrons. The number of piperidine rings is 2. The van der Waals surface area contributed by atoms with Gasteiger partial charge in [-0.25, -0.2) is 4.98 Å². The number of amides is 3. The third-order valence-electron chi connectivity index (χ3n) is 10.6. The lowest BCUT2D eigenvalue weighted by atomic mass is 10.0. The Kier molecular flexibility index (Phi) is 11.6. The van der Waals surface area contributed by atoms with Gasteiger partial charge in [-0.3, -0.25) is 29.2 Å². The number of carbonyl (C=O) groups is 3. The van der Waals surface area contributed by atoms with Crippen molar-refractivity contribution in [2.75, 3.05) is 57.0 Å². The van der Waals surface area contributed by atoms with Crippen molar-refractivity contribution in [1.82, 2.24) is 25.1 Å². The number of aromatic nitrogens is 2. The molecule has 3 aliphatic rings. The number of ether oxygens (including phenoxy) is 1. The Morgan fingerprint density at radius 2 is 1.73 bits per heavy atom. The predicted octanol–water partition coefficient (Wildman–Crippen LogP) is 5.60. The highest BCUT2D eigenvalue weighted by molar-refractivity contribution is 7.62. The summed E-state index contributed by atoms with van der Waals surface area (Å²) in [6, 6.07) is 18.5. The monoisotopic (exact) mass is 802 g/mol. The quantitative estimate of drug-likeness (QED) is 0.113. The molecule has 4 aromatic rings. The van der Waals surface area contributed by atoms with E-state index in [1.54, 1.807) is 36.3 Å². The van der Waals surface area contributed by atoms with Crippen molar-refractivity contribution in [3.63, 3.8) is 0 Å². The van der Waals surface area contributed by atoms with Gasteiger partial charge in [-0.1, -0.05) is 35.9 Å². The van der Waals surface area contributed by atoms with E-state index in [9.17, 15) is 18.9 Å². The topological polar surface area (TPSA) is 168 Å². The molecule has 7 rings (SSSR count). The molecule has 3 N–H and O–H groups in total. The zero-order chi connectivity index (χ0) is 39.6. The number of carbonyl (C=O) groups excluding carboxylic acids is 3. The molecule has 4 heterocycles. The third-order valence-corrected chi connectivity index (χ3v) is 12.8. The minimum atomic E-state index is -3.57. The molecule has 3 amide bonds. The first-order valence-corrected chi connectivity index (χ1v) is 20.2. The molecule has 294 valence electrons. The Bertz CT molecular complexity index is 2190. The van der Waals surface area contributed by atoms with Gasteiger partial charge in [-0.05, 0) is 67.8 Å². The van der Waals surface area contributed by atoms with Crippen molar-refractivity contribution in [1.29, 1.82) is 0 Å². The largest absolute Gasteiger partial charge is 0.494 e. The fourth-order valence-electron chi connectivity index (χ4n) is 7.54. The number of hydrogen-bond donors (Lipinski definition) is 3. The molecule has 0 spiro atoms. The van der Waals surface area contributed by atoms with Crippen LogP contribution < -0.4 is 30.9 Å². The second-order valence-corrected chi connectivity index (χ2v) is 16.5. The van der Waals surface area contributed by atoms with Gasteiger partial charge in [0.15, 0.2) is 5.82 Å². The first-order chi connectivity index (χ1) is 27.0. The average molecular weight is 803 g/mol. The SMILES string of the molecule is COc1cc(N2CCC(N(C)Cc3ccc4c(c3)CN(C3CCC(=O)NC3=O)C4=O)CC2)ccc1Nc1ncc(Cl)c(Nc2ccccc2P(=O)(OC)OC)n1. The Labute approximate surface area is 330 Å². The van der Waals surface area contributed by atoms with Crippen molar-refractivity contribution in [3.8, 4) is 5.75 Å². The van der Waals surface area contributed by atoms with Gasteiger partial charge in [0.2, 0.25) is 17.8 Å². The summed E-state index contributed by atoms with van der Waals surface area (Å²) in [6.07, 6.45) is 3.98. The van der Waals surface area contributed by atoms with Gasteiger partial charge < -0.3 is 34.2 Å². The summed E-state index contributed by atoms with van der Waals surface area (Å²) in [4.78, 5) is 52.4. The van der Waals surface area contributed by atoms with Crippen LogP contribution in [0.1, 0.15) is 47.2 Å². The van der Waals surface area contributed by atoms with E-state index in [1.807, 2.05) is 30.3 Å². The van der Waals surface area contributed by atoms with E-state index in [2.05, 4.69) is 48.8 Å². The van der Waals surface area contributed by atoms with Crippen LogP contribution in [0.25, 0.3) is 0 Å². The van der Waals surface area contributed by atoms with Gasteiger partial charge in [0.05, 0.1) is 30.0 Å². The van der Waals surface area contributed by atoms with E-state index in [4.69, 9.17) is 25.4 Å². The first-order valence-electron chi connectivity index (χ1n) is 18.3. The number of methoxy groups -OCH3 is 1. The number of para-hydroxylation sites is 1. The number of nitrogens with zero attached hydrogens (tertiary/aromatic N) is 5. The number of rotatable bonds is 13. The predicted molar refractivity (Wildman–Crippen MR) is 213 cm³/mol. The molecule has 2 fully saturated rings. The number of anilines is 5. The van der Waals surface area contributed by atoms with Gasteiger partial charge in [0, 0.05) is 70.2 Å². The number of nitrogens with one attached hydrogen (secondary N) is 3. The summed E-state index contributed by atoms with van der Waals surface area (Å²) in [5.74, 6) is 0.323. The standard InChI is InChI=1S/C39H44ClN8O7P/c1-46(22-24-9-11-28-25(19-24)23-48(38(28)51)32-13-14-35(49)44-37(32)50)26-15-17-47(18-16-26)27-10-12-30(33(20-27)53-2)43-39-41-21-29(40)36(45-39)42-31-7-5-6-8-34(31)56(52,54-3)55-4/h5-12,19-21,26,32H,13-18,22-23H2,1-4H3,(H,44,49,50)(H2,41,42,43,45). The molecule has 1 unspecified atom stereocenters. The van der Waals surface area contributed by atoms with Crippen molar-refractivity contribution in [2.24, 2.45) is 0 Å². The van der Waals surface area contributed by atoms with Gasteiger partial charge >= 0.3 is 7.60 Å². The van der Waals surface area contributed by atoms with Crippen molar-refractivity contribution in [2.45, 2.75) is 50.9 Å². The van der Waals surface area contributed by atoms with Gasteiger partial charge in [0.1, 0.15) is 16.8 Å². The summed E-state index contributed by atoms with van der Waals surface area (Å²) in [5.41, 5.74) is 4.81. The Balaban J connectivity index is 0.960. The molecule has 3 aliphatic heterocycles. The van der Waals surface area contributed by atoms with Crippen LogP contribution in [0.15, 0.2) is 66.9 Å². The number of hydrogen-bond acceptors (Lipinski definition) is 13. The number of imide groups is 1. The number of benzene rings is 3. The number of halogens is 1. The van der Waals surface area contributed by atoms with E-state index in [1.165, 1.54) is 20.4 Å². The summed E-state index contributed by atoms with van der Waals surface area (Å²) in [6.45, 7) is 2.82. The van der Waals surface area contributed by atoms with Crippen LogP contribution >= 0.6 is 19.2 Å². The van der Waals surface area contributed by atoms with Gasteiger partial charge in [-0.15, -0.1) is 0 Å². The van der Waals surface area contributed by atoms with Gasteiger partial charge in [-0.2, -0.15) is 4.98 Å². The van der Waals surface area contributed by atoms with E-state index in [0.29, 0.717) is 52.8 Å². The fraction of sp³-hybridized carbons (Fsp3) is 0.359. The normalized spacial score (nSPS) is 17.6. The number of fused-ring (bicyclic) bond motifs is 1. The minimum Gasteiger partial charge on any atom is -0.494 e. The summed E-state index contributed by atoms with van der Waals surface area (Å²) >= 11 is 6.47. The van der Waals surface area contributed by atoms with Gasteiger partial charge in [0.25, 0.3) is 5.91 Å². The van der Waals surface area contributed by atoms with Crippen LogP contribution in [0, 0.1) is 0 Å². The maximum absolute atomic E-state index is 13.2. The van der Waals surface area contributed by atoms with Crippen LogP contribution in [-0.4, -0.2) is 91.0 Å². The summed E-state index contributed by atoms with van der Waals surface area (Å²) in [7, 11) is 2.83. The molecule has 15 nitrogen and oxygen atoms in total. The molecule has 0 bridgehead atoms. The maximum atomic E-state index is 13.2.